The lowest BCUT2D eigenvalue weighted by Gasteiger charge is -2.09. The molecule has 2 aromatic rings. The van der Waals surface area contributed by atoms with Crippen molar-refractivity contribution in [1.82, 2.24) is 10.2 Å². The van der Waals surface area contributed by atoms with E-state index in [1.807, 2.05) is 30.3 Å². The summed E-state index contributed by atoms with van der Waals surface area (Å²) in [5.41, 5.74) is 1.12. The molecule has 0 bridgehead atoms. The van der Waals surface area contributed by atoms with Crippen LogP contribution < -0.4 is 30.1 Å². The average molecular weight is 315 g/mol. The highest BCUT2D eigenvalue weighted by Gasteiger charge is 2.03. The van der Waals surface area contributed by atoms with Gasteiger partial charge in [0, 0.05) is 18.7 Å². The molecule has 0 atom stereocenters. The van der Waals surface area contributed by atoms with Gasteiger partial charge in [-0.2, -0.15) is 0 Å². The van der Waals surface area contributed by atoms with E-state index in [1.165, 1.54) is 0 Å². The normalized spacial score (nSPS) is 9.95. The molecule has 3 nitrogen and oxygen atoms in total. The number of hydrogen-bond acceptors (Lipinski definition) is 3. The van der Waals surface area contributed by atoms with Crippen LogP contribution >= 0.6 is 0 Å². The molecule has 2 rings (SSSR count). The summed E-state index contributed by atoms with van der Waals surface area (Å²) in [4.78, 5) is 2.16. The molecular weight excluding hydrogens is 295 g/mol. The molecule has 0 amide bonds. The molecule has 20 heavy (non-hydrogen) atoms. The van der Waals surface area contributed by atoms with Crippen molar-refractivity contribution in [3.63, 3.8) is 0 Å². The summed E-state index contributed by atoms with van der Waals surface area (Å²) < 4.78 is 5.80. The van der Waals surface area contributed by atoms with Crippen LogP contribution in [0.3, 0.4) is 0 Å². The van der Waals surface area contributed by atoms with E-state index >= 15 is 0 Å². The Morgan fingerprint density at radius 1 is 1.00 bits per heavy atom. The Kier molecular flexibility index (Phi) is 9.34. The predicted molar refractivity (Wildman–Crippen MR) is 74.4 cm³/mol. The monoisotopic (exact) mass is 314 g/mol. The quantitative estimate of drug-likeness (QED) is 0.564. The van der Waals surface area contributed by atoms with Crippen LogP contribution in [0.25, 0.3) is 11.3 Å². The van der Waals surface area contributed by atoms with Crippen LogP contribution in [0.5, 0.6) is 0 Å². The van der Waals surface area contributed by atoms with Gasteiger partial charge in [-0.05, 0) is 26.2 Å². The molecule has 0 unspecified atom stereocenters. The minimum Gasteiger partial charge on any atom is -1.00 e. The maximum atomic E-state index is 5.80. The van der Waals surface area contributed by atoms with Crippen molar-refractivity contribution in [2.24, 2.45) is 0 Å². The Morgan fingerprint density at radius 2 is 1.70 bits per heavy atom. The summed E-state index contributed by atoms with van der Waals surface area (Å²) >= 11 is 0. The van der Waals surface area contributed by atoms with E-state index in [1.54, 1.807) is 0 Å². The second-order valence-corrected chi connectivity index (χ2v) is 4.61. The molecule has 0 aliphatic heterocycles. The van der Waals surface area contributed by atoms with E-state index in [0.717, 1.165) is 36.7 Å². The van der Waals surface area contributed by atoms with Gasteiger partial charge < -0.3 is 39.4 Å². The zero-order valence-corrected chi connectivity index (χ0v) is 13.3. The van der Waals surface area contributed by atoms with E-state index < -0.39 is 0 Å². The fourth-order valence-electron chi connectivity index (χ4n) is 1.74. The first kappa shape index (κ1) is 19.0. The molecule has 0 aliphatic rings. The minimum absolute atomic E-state index is 0. The second-order valence-electron chi connectivity index (χ2n) is 4.61. The lowest BCUT2D eigenvalue weighted by atomic mass is 10.2. The van der Waals surface area contributed by atoms with Crippen molar-refractivity contribution < 1.29 is 29.2 Å². The maximum absolute atomic E-state index is 5.80. The molecule has 1 heterocycles. The number of benzene rings is 1. The molecule has 0 saturated carbocycles. The Morgan fingerprint density at radius 3 is 2.35 bits per heavy atom. The van der Waals surface area contributed by atoms with Crippen molar-refractivity contribution in [2.75, 3.05) is 27.2 Å². The standard InChI is InChI=1S/C15H20N2O.2ClH/c1-17(2)11-10-16-12-14-8-9-15(18-14)13-6-4-3-5-7-13;;/h3-9,16H,10-12H2,1-2H3;2*1H/p-2. The van der Waals surface area contributed by atoms with Crippen molar-refractivity contribution in [1.29, 1.82) is 0 Å². The number of hydrogen-bond donors (Lipinski definition) is 1. The van der Waals surface area contributed by atoms with E-state index in [4.69, 9.17) is 4.42 Å². The molecule has 0 fully saturated rings. The Balaban J connectivity index is 0.00000180. The second kappa shape index (κ2) is 9.83. The molecular formula is C15H20Cl2N2O-2. The van der Waals surface area contributed by atoms with Gasteiger partial charge in [-0.25, -0.2) is 0 Å². The highest BCUT2D eigenvalue weighted by molar-refractivity contribution is 5.57. The highest BCUT2D eigenvalue weighted by atomic mass is 35.5. The largest absolute Gasteiger partial charge is 1.00 e. The van der Waals surface area contributed by atoms with Crippen molar-refractivity contribution in [3.05, 3.63) is 48.2 Å². The number of likely N-dealkylation sites (N-methyl/N-ethyl adjacent to an activating group) is 1. The van der Waals surface area contributed by atoms with Gasteiger partial charge in [-0.3, -0.25) is 0 Å². The topological polar surface area (TPSA) is 28.4 Å². The molecule has 1 N–H and O–H groups in total. The number of nitrogens with one attached hydrogen (secondary N) is 1. The van der Waals surface area contributed by atoms with Gasteiger partial charge in [0.25, 0.3) is 0 Å². The van der Waals surface area contributed by atoms with Crippen LogP contribution in [-0.2, 0) is 6.54 Å². The third-order valence-corrected chi connectivity index (χ3v) is 2.75. The summed E-state index contributed by atoms with van der Waals surface area (Å²) in [5.74, 6) is 1.91. The van der Waals surface area contributed by atoms with E-state index in [-0.39, 0.29) is 24.8 Å². The zero-order valence-electron chi connectivity index (χ0n) is 11.8. The fourth-order valence-corrected chi connectivity index (χ4v) is 1.74. The van der Waals surface area contributed by atoms with E-state index in [0.29, 0.717) is 0 Å². The average Bonchev–Trinajstić information content (AvgIpc) is 2.84. The number of halogens is 2. The molecule has 112 valence electrons. The lowest BCUT2D eigenvalue weighted by Crippen LogP contribution is -3.00. The first-order valence-electron chi connectivity index (χ1n) is 6.25. The molecule has 5 heteroatoms. The third-order valence-electron chi connectivity index (χ3n) is 2.75. The van der Waals surface area contributed by atoms with Gasteiger partial charge in [0.2, 0.25) is 0 Å². The SMILES string of the molecule is CN(C)CCNCc1ccc(-c2ccccc2)o1.[Cl-].[Cl-]. The summed E-state index contributed by atoms with van der Waals surface area (Å²) in [6, 6.07) is 14.2. The maximum Gasteiger partial charge on any atom is 0.134 e. The van der Waals surface area contributed by atoms with E-state index in [2.05, 4.69) is 36.4 Å². The van der Waals surface area contributed by atoms with Gasteiger partial charge in [0.1, 0.15) is 11.5 Å². The molecule has 0 aliphatic carbocycles. The summed E-state index contributed by atoms with van der Waals surface area (Å²) in [7, 11) is 4.14. The van der Waals surface area contributed by atoms with Gasteiger partial charge in [0.15, 0.2) is 0 Å². The van der Waals surface area contributed by atoms with Crippen molar-refractivity contribution in [2.45, 2.75) is 6.54 Å². The number of furan rings is 1. The number of rotatable bonds is 6. The zero-order chi connectivity index (χ0) is 12.8. The smallest absolute Gasteiger partial charge is 0.134 e. The van der Waals surface area contributed by atoms with Crippen LogP contribution in [0.4, 0.5) is 0 Å². The van der Waals surface area contributed by atoms with Gasteiger partial charge in [-0.1, -0.05) is 30.3 Å². The summed E-state index contributed by atoms with van der Waals surface area (Å²) in [5, 5.41) is 3.36. The van der Waals surface area contributed by atoms with Gasteiger partial charge in [-0.15, -0.1) is 0 Å². The lowest BCUT2D eigenvalue weighted by molar-refractivity contribution is -0.001000. The molecule has 0 radical (unpaired) electrons. The number of nitrogens with zero attached hydrogens (tertiary/aromatic N) is 1. The van der Waals surface area contributed by atoms with Gasteiger partial charge in [0.05, 0.1) is 6.54 Å². The first-order chi connectivity index (χ1) is 8.75. The summed E-state index contributed by atoms with van der Waals surface area (Å²) in [6.07, 6.45) is 0. The Hall–Kier alpha value is -1.000. The van der Waals surface area contributed by atoms with Crippen LogP contribution in [0, 0.1) is 0 Å². The van der Waals surface area contributed by atoms with Crippen molar-refractivity contribution in [3.8, 4) is 11.3 Å². The molecule has 0 spiro atoms. The van der Waals surface area contributed by atoms with Crippen LogP contribution in [0.15, 0.2) is 46.9 Å². The predicted octanol–water partition coefficient (Wildman–Crippen LogP) is -3.39. The minimum atomic E-state index is 0. The van der Waals surface area contributed by atoms with Crippen LogP contribution in [0.2, 0.25) is 0 Å². The Bertz CT molecular complexity index is 472. The third kappa shape index (κ3) is 5.97. The van der Waals surface area contributed by atoms with Crippen LogP contribution in [-0.4, -0.2) is 32.1 Å². The fraction of sp³-hybridized carbons (Fsp3) is 0.333. The highest BCUT2D eigenvalue weighted by Crippen LogP contribution is 2.21. The van der Waals surface area contributed by atoms with Gasteiger partial charge >= 0.3 is 0 Å². The molecule has 0 saturated heterocycles. The summed E-state index contributed by atoms with van der Waals surface area (Å²) in [6.45, 7) is 2.78. The van der Waals surface area contributed by atoms with E-state index in [9.17, 15) is 0 Å². The first-order valence-corrected chi connectivity index (χ1v) is 6.25. The molecule has 1 aromatic heterocycles. The Labute approximate surface area is 133 Å². The molecule has 1 aromatic carbocycles. The van der Waals surface area contributed by atoms with Crippen LogP contribution in [0.1, 0.15) is 5.76 Å². The van der Waals surface area contributed by atoms with Crippen molar-refractivity contribution >= 4 is 0 Å².